The molecule has 0 saturated carbocycles. The van der Waals surface area contributed by atoms with Gasteiger partial charge in [0.1, 0.15) is 5.01 Å². The number of hydrogen-bond donors (Lipinski definition) is 2. The Morgan fingerprint density at radius 1 is 1.19 bits per heavy atom. The van der Waals surface area contributed by atoms with Crippen molar-refractivity contribution in [2.24, 2.45) is 0 Å². The first-order valence-corrected chi connectivity index (χ1v) is 9.99. The van der Waals surface area contributed by atoms with Crippen LogP contribution in [0.15, 0.2) is 46.9 Å². The van der Waals surface area contributed by atoms with Crippen LogP contribution < -0.4 is 10.6 Å². The molecule has 132 valence electrons. The third-order valence-corrected chi connectivity index (χ3v) is 5.95. The highest BCUT2D eigenvalue weighted by atomic mass is 79.9. The number of nitrogens with zero attached hydrogens (tertiary/aromatic N) is 2. The zero-order chi connectivity index (χ0) is 17.9. The van der Waals surface area contributed by atoms with Crippen molar-refractivity contribution in [3.05, 3.63) is 74.2 Å². The molecule has 1 amide bonds. The van der Waals surface area contributed by atoms with E-state index in [1.54, 1.807) is 0 Å². The van der Waals surface area contributed by atoms with Crippen LogP contribution in [0.1, 0.15) is 32.1 Å². The average Bonchev–Trinajstić information content (AvgIpc) is 3.10. The second-order valence-electron chi connectivity index (χ2n) is 6.13. The van der Waals surface area contributed by atoms with Crippen LogP contribution in [0.25, 0.3) is 0 Å². The zero-order valence-corrected chi connectivity index (χ0v) is 16.4. The number of anilines is 1. The Bertz CT molecular complexity index is 956. The number of carbonyl (C=O) groups excluding carboxylic acids is 1. The van der Waals surface area contributed by atoms with Gasteiger partial charge in [0, 0.05) is 23.0 Å². The molecule has 7 heteroatoms. The lowest BCUT2D eigenvalue weighted by molar-refractivity contribution is 0.102. The van der Waals surface area contributed by atoms with Gasteiger partial charge in [0.15, 0.2) is 0 Å². The van der Waals surface area contributed by atoms with E-state index in [1.807, 2.05) is 42.5 Å². The SMILES string of the molecule is O=C(Nc1nnc(Cc2ccccc2Br)s1)c1ccc2c(c1)CCNC2. The lowest BCUT2D eigenvalue weighted by Crippen LogP contribution is -2.24. The Morgan fingerprint density at radius 2 is 2.08 bits per heavy atom. The van der Waals surface area contributed by atoms with Crippen LogP contribution >= 0.6 is 27.3 Å². The Balaban J connectivity index is 1.45. The molecule has 1 aromatic heterocycles. The molecule has 4 rings (SSSR count). The molecule has 2 heterocycles. The van der Waals surface area contributed by atoms with Crippen molar-refractivity contribution < 1.29 is 4.79 Å². The molecule has 0 fully saturated rings. The number of carbonyl (C=O) groups is 1. The maximum absolute atomic E-state index is 12.5. The van der Waals surface area contributed by atoms with Gasteiger partial charge in [0.05, 0.1) is 0 Å². The summed E-state index contributed by atoms with van der Waals surface area (Å²) in [5.41, 5.74) is 4.31. The second-order valence-corrected chi connectivity index (χ2v) is 8.05. The quantitative estimate of drug-likeness (QED) is 0.663. The summed E-state index contributed by atoms with van der Waals surface area (Å²) in [4.78, 5) is 12.5. The minimum atomic E-state index is -0.144. The lowest BCUT2D eigenvalue weighted by Gasteiger charge is -2.17. The molecule has 0 spiro atoms. The van der Waals surface area contributed by atoms with Gasteiger partial charge in [0.25, 0.3) is 5.91 Å². The normalized spacial score (nSPS) is 13.3. The van der Waals surface area contributed by atoms with Crippen molar-refractivity contribution in [1.29, 1.82) is 0 Å². The first kappa shape index (κ1) is 17.3. The van der Waals surface area contributed by atoms with E-state index >= 15 is 0 Å². The molecule has 0 atom stereocenters. The molecular formula is C19H17BrN4OS. The summed E-state index contributed by atoms with van der Waals surface area (Å²) in [6.45, 7) is 1.82. The Labute approximate surface area is 164 Å². The van der Waals surface area contributed by atoms with Gasteiger partial charge in [-0.05, 0) is 47.9 Å². The summed E-state index contributed by atoms with van der Waals surface area (Å²) < 4.78 is 1.05. The fraction of sp³-hybridized carbons (Fsp3) is 0.211. The van der Waals surface area contributed by atoms with Gasteiger partial charge < -0.3 is 5.32 Å². The van der Waals surface area contributed by atoms with E-state index in [-0.39, 0.29) is 5.91 Å². The van der Waals surface area contributed by atoms with Crippen molar-refractivity contribution in [2.75, 3.05) is 11.9 Å². The largest absolute Gasteiger partial charge is 0.312 e. The van der Waals surface area contributed by atoms with Crippen LogP contribution in [0.3, 0.4) is 0 Å². The molecule has 1 aliphatic heterocycles. The van der Waals surface area contributed by atoms with Gasteiger partial charge >= 0.3 is 0 Å². The topological polar surface area (TPSA) is 66.9 Å². The summed E-state index contributed by atoms with van der Waals surface area (Å²) in [5.74, 6) is -0.144. The van der Waals surface area contributed by atoms with E-state index < -0.39 is 0 Å². The fourth-order valence-electron chi connectivity index (χ4n) is 2.97. The molecule has 2 aromatic carbocycles. The average molecular weight is 429 g/mol. The number of rotatable bonds is 4. The predicted molar refractivity (Wildman–Crippen MR) is 107 cm³/mol. The smallest absolute Gasteiger partial charge is 0.257 e. The molecule has 2 N–H and O–H groups in total. The summed E-state index contributed by atoms with van der Waals surface area (Å²) in [6, 6.07) is 13.9. The minimum absolute atomic E-state index is 0.144. The predicted octanol–water partition coefficient (Wildman–Crippen LogP) is 3.79. The van der Waals surface area contributed by atoms with Gasteiger partial charge in [0.2, 0.25) is 5.13 Å². The standard InChI is InChI=1S/C19H17BrN4OS/c20-16-4-2-1-3-13(16)10-17-23-24-19(26-17)22-18(25)14-5-6-15-11-21-8-7-12(15)9-14/h1-6,9,21H,7-8,10-11H2,(H,22,24,25). The molecular weight excluding hydrogens is 412 g/mol. The lowest BCUT2D eigenvalue weighted by atomic mass is 9.98. The Hall–Kier alpha value is -2.09. The van der Waals surface area contributed by atoms with Crippen LogP contribution in [0, 0.1) is 0 Å². The molecule has 0 radical (unpaired) electrons. The Kier molecular flexibility index (Phi) is 5.10. The first-order valence-electron chi connectivity index (χ1n) is 8.39. The number of benzene rings is 2. The van der Waals surface area contributed by atoms with E-state index in [0.29, 0.717) is 17.1 Å². The maximum Gasteiger partial charge on any atom is 0.257 e. The van der Waals surface area contributed by atoms with E-state index in [0.717, 1.165) is 34.6 Å². The maximum atomic E-state index is 12.5. The molecule has 1 aliphatic rings. The fourth-order valence-corrected chi connectivity index (χ4v) is 4.15. The van der Waals surface area contributed by atoms with Crippen molar-refractivity contribution in [3.8, 4) is 0 Å². The van der Waals surface area contributed by atoms with Gasteiger partial charge in [-0.3, -0.25) is 10.1 Å². The van der Waals surface area contributed by atoms with Gasteiger partial charge in [-0.1, -0.05) is 51.5 Å². The minimum Gasteiger partial charge on any atom is -0.312 e. The number of hydrogen-bond acceptors (Lipinski definition) is 5. The molecule has 3 aromatic rings. The molecule has 0 aliphatic carbocycles. The van der Waals surface area contributed by atoms with Crippen LogP contribution in [0.2, 0.25) is 0 Å². The van der Waals surface area contributed by atoms with Crippen molar-refractivity contribution >= 4 is 38.3 Å². The third-order valence-electron chi connectivity index (χ3n) is 4.34. The molecule has 0 unspecified atom stereocenters. The number of aromatic nitrogens is 2. The Morgan fingerprint density at radius 3 is 2.96 bits per heavy atom. The van der Waals surface area contributed by atoms with Gasteiger partial charge in [-0.15, -0.1) is 10.2 Å². The number of halogens is 1. The van der Waals surface area contributed by atoms with Crippen LogP contribution in [-0.4, -0.2) is 22.6 Å². The number of fused-ring (bicyclic) bond motifs is 1. The van der Waals surface area contributed by atoms with Crippen LogP contribution in [0.4, 0.5) is 5.13 Å². The van der Waals surface area contributed by atoms with Gasteiger partial charge in [-0.2, -0.15) is 0 Å². The highest BCUT2D eigenvalue weighted by molar-refractivity contribution is 9.10. The monoisotopic (exact) mass is 428 g/mol. The van der Waals surface area contributed by atoms with E-state index in [1.165, 1.54) is 22.5 Å². The summed E-state index contributed by atoms with van der Waals surface area (Å²) in [7, 11) is 0. The molecule has 0 saturated heterocycles. The van der Waals surface area contributed by atoms with E-state index in [2.05, 4.69) is 36.8 Å². The van der Waals surface area contributed by atoms with Crippen LogP contribution in [0.5, 0.6) is 0 Å². The number of amides is 1. The van der Waals surface area contributed by atoms with Crippen molar-refractivity contribution in [2.45, 2.75) is 19.4 Å². The van der Waals surface area contributed by atoms with Crippen LogP contribution in [-0.2, 0) is 19.4 Å². The molecule has 0 bridgehead atoms. The first-order chi connectivity index (χ1) is 12.7. The zero-order valence-electron chi connectivity index (χ0n) is 14.0. The molecule has 26 heavy (non-hydrogen) atoms. The molecule has 5 nitrogen and oxygen atoms in total. The van der Waals surface area contributed by atoms with E-state index in [4.69, 9.17) is 0 Å². The summed E-state index contributed by atoms with van der Waals surface area (Å²) in [5, 5.41) is 15.9. The van der Waals surface area contributed by atoms with Crippen molar-refractivity contribution in [3.63, 3.8) is 0 Å². The van der Waals surface area contributed by atoms with Crippen molar-refractivity contribution in [1.82, 2.24) is 15.5 Å². The van der Waals surface area contributed by atoms with Gasteiger partial charge in [-0.25, -0.2) is 0 Å². The summed E-state index contributed by atoms with van der Waals surface area (Å²) in [6.07, 6.45) is 1.63. The third kappa shape index (κ3) is 3.85. The number of nitrogens with one attached hydrogen (secondary N) is 2. The summed E-state index contributed by atoms with van der Waals surface area (Å²) >= 11 is 4.95. The highest BCUT2D eigenvalue weighted by Crippen LogP contribution is 2.24. The van der Waals surface area contributed by atoms with E-state index in [9.17, 15) is 4.79 Å². The second kappa shape index (κ2) is 7.65. The highest BCUT2D eigenvalue weighted by Gasteiger charge is 2.14.